The van der Waals surface area contributed by atoms with Gasteiger partial charge in [0.1, 0.15) is 6.54 Å². The fourth-order valence-corrected chi connectivity index (χ4v) is 3.39. The summed E-state index contributed by atoms with van der Waals surface area (Å²) in [4.78, 5) is 36.0. The van der Waals surface area contributed by atoms with Gasteiger partial charge in [0.05, 0.1) is 11.4 Å². The van der Waals surface area contributed by atoms with Crippen molar-refractivity contribution in [1.29, 1.82) is 0 Å². The van der Waals surface area contributed by atoms with Gasteiger partial charge in [0, 0.05) is 32.0 Å². The molecule has 1 aromatic carbocycles. The summed E-state index contributed by atoms with van der Waals surface area (Å²) in [6, 6.07) is 7.77. The van der Waals surface area contributed by atoms with Crippen LogP contribution in [0, 0.1) is 13.8 Å². The molecule has 0 spiro atoms. The van der Waals surface area contributed by atoms with Crippen molar-refractivity contribution in [3.63, 3.8) is 0 Å². The molecule has 0 radical (unpaired) electrons. The third-order valence-electron chi connectivity index (χ3n) is 4.37. The van der Waals surface area contributed by atoms with Gasteiger partial charge in [-0.1, -0.05) is 12.1 Å². The minimum Gasteiger partial charge on any atom is -0.345 e. The van der Waals surface area contributed by atoms with Crippen molar-refractivity contribution in [3.8, 4) is 0 Å². The fraction of sp³-hybridized carbons (Fsp3) is 0.316. The van der Waals surface area contributed by atoms with Crippen LogP contribution in [0.2, 0.25) is 0 Å². The Balaban J connectivity index is 2.01. The van der Waals surface area contributed by atoms with Gasteiger partial charge in [0.25, 0.3) is 5.56 Å². The van der Waals surface area contributed by atoms with Crippen LogP contribution >= 0.6 is 0 Å². The predicted molar refractivity (Wildman–Crippen MR) is 109 cm³/mol. The number of nitrogens with zero attached hydrogens (tertiary/aromatic N) is 2. The molecule has 0 aliphatic carbocycles. The highest BCUT2D eigenvalue weighted by atomic mass is 32.2. The largest absolute Gasteiger partial charge is 0.345 e. The lowest BCUT2D eigenvalue weighted by Gasteiger charge is -2.13. The molecule has 0 aliphatic rings. The molecule has 2 rings (SSSR count). The fourth-order valence-electron chi connectivity index (χ4n) is 2.47. The van der Waals surface area contributed by atoms with E-state index in [0.29, 0.717) is 5.69 Å². The monoisotopic (exact) mass is 420 g/mol. The number of carbonyl (C=O) groups excluding carboxylic acids is 2. The van der Waals surface area contributed by atoms with Crippen LogP contribution in [-0.2, 0) is 26.2 Å². The van der Waals surface area contributed by atoms with Crippen molar-refractivity contribution in [2.24, 2.45) is 0 Å². The maximum absolute atomic E-state index is 12.2. The highest BCUT2D eigenvalue weighted by Crippen LogP contribution is 2.17. The molecule has 2 N–H and O–H groups in total. The number of sulfonamides is 1. The smallest absolute Gasteiger partial charge is 0.251 e. The normalized spacial score (nSPS) is 11.3. The first-order valence-electron chi connectivity index (χ1n) is 8.78. The molecule has 0 atom stereocenters. The molecule has 0 unspecified atom stereocenters. The van der Waals surface area contributed by atoms with E-state index in [4.69, 9.17) is 0 Å². The summed E-state index contributed by atoms with van der Waals surface area (Å²) in [5.41, 5.74) is 2.08. The van der Waals surface area contributed by atoms with E-state index in [0.717, 1.165) is 32.3 Å². The molecule has 0 fully saturated rings. The Morgan fingerprint density at radius 3 is 2.41 bits per heavy atom. The van der Waals surface area contributed by atoms with Crippen LogP contribution in [0.5, 0.6) is 0 Å². The molecule has 0 saturated carbocycles. The summed E-state index contributed by atoms with van der Waals surface area (Å²) in [7, 11) is -1.01. The quantitative estimate of drug-likeness (QED) is 0.675. The van der Waals surface area contributed by atoms with Gasteiger partial charge in [-0.2, -0.15) is 0 Å². The zero-order valence-corrected chi connectivity index (χ0v) is 17.5. The van der Waals surface area contributed by atoms with E-state index in [1.54, 1.807) is 6.07 Å². The number of aromatic nitrogens is 1. The third-order valence-corrected chi connectivity index (χ3v) is 6.17. The molecule has 0 bridgehead atoms. The molecule has 1 aromatic heterocycles. The zero-order chi connectivity index (χ0) is 21.8. The van der Waals surface area contributed by atoms with E-state index in [2.05, 4.69) is 10.6 Å². The van der Waals surface area contributed by atoms with Gasteiger partial charge in [-0.25, -0.2) is 12.7 Å². The molecule has 9 nitrogen and oxygen atoms in total. The lowest BCUT2D eigenvalue weighted by molar-refractivity contribution is -0.124. The van der Waals surface area contributed by atoms with Crippen molar-refractivity contribution in [3.05, 3.63) is 58.0 Å². The number of hydrogen-bond donors (Lipinski definition) is 2. The SMILES string of the molecule is Cc1cccc(NC(=O)CNC(=O)Cn2cc(S(=O)(=O)N(C)C)ccc2=O)c1C. The van der Waals surface area contributed by atoms with E-state index >= 15 is 0 Å². The number of nitrogens with one attached hydrogen (secondary N) is 2. The average molecular weight is 420 g/mol. The third kappa shape index (κ3) is 5.52. The van der Waals surface area contributed by atoms with E-state index in [1.165, 1.54) is 20.2 Å². The Morgan fingerprint density at radius 1 is 1.07 bits per heavy atom. The van der Waals surface area contributed by atoms with Crippen LogP contribution < -0.4 is 16.2 Å². The van der Waals surface area contributed by atoms with Crippen LogP contribution in [-0.4, -0.2) is 49.7 Å². The molecular formula is C19H24N4O5S. The lowest BCUT2D eigenvalue weighted by Crippen LogP contribution is -2.37. The standard InChI is InChI=1S/C19H24N4O5S/c1-13-6-5-7-16(14(13)2)21-17(24)10-20-18(25)12-23-11-15(8-9-19(23)26)29(27,28)22(3)4/h5-9,11H,10,12H2,1-4H3,(H,20,25)(H,21,24). The van der Waals surface area contributed by atoms with Crippen molar-refractivity contribution in [2.45, 2.75) is 25.3 Å². The lowest BCUT2D eigenvalue weighted by atomic mass is 10.1. The van der Waals surface area contributed by atoms with Gasteiger partial charge in [-0.3, -0.25) is 14.4 Å². The Kier molecular flexibility index (Phi) is 6.93. The number of anilines is 1. The van der Waals surface area contributed by atoms with Crippen molar-refractivity contribution in [1.82, 2.24) is 14.2 Å². The number of rotatable bonds is 7. The van der Waals surface area contributed by atoms with Gasteiger partial charge in [0.15, 0.2) is 0 Å². The molecule has 1 heterocycles. The Hall–Kier alpha value is -2.98. The van der Waals surface area contributed by atoms with E-state index in [-0.39, 0.29) is 11.4 Å². The van der Waals surface area contributed by atoms with Crippen molar-refractivity contribution >= 4 is 27.5 Å². The number of hydrogen-bond acceptors (Lipinski definition) is 5. The molecule has 29 heavy (non-hydrogen) atoms. The second-order valence-corrected chi connectivity index (χ2v) is 8.84. The zero-order valence-electron chi connectivity index (χ0n) is 16.7. The molecule has 2 amide bonds. The Bertz CT molecular complexity index is 1090. The summed E-state index contributed by atoms with van der Waals surface area (Å²) < 4.78 is 26.3. The summed E-state index contributed by atoms with van der Waals surface area (Å²) in [5.74, 6) is -1.01. The van der Waals surface area contributed by atoms with E-state index in [1.807, 2.05) is 26.0 Å². The first-order valence-corrected chi connectivity index (χ1v) is 10.2. The number of aryl methyl sites for hydroxylation is 1. The summed E-state index contributed by atoms with van der Waals surface area (Å²) >= 11 is 0. The van der Waals surface area contributed by atoms with Crippen LogP contribution in [0.3, 0.4) is 0 Å². The summed E-state index contributed by atoms with van der Waals surface area (Å²) in [6.07, 6.45) is 1.10. The molecule has 2 aromatic rings. The van der Waals surface area contributed by atoms with Crippen LogP contribution in [0.1, 0.15) is 11.1 Å². The highest BCUT2D eigenvalue weighted by Gasteiger charge is 2.19. The van der Waals surface area contributed by atoms with E-state index in [9.17, 15) is 22.8 Å². The Labute approximate surface area is 169 Å². The van der Waals surface area contributed by atoms with Gasteiger partial charge in [0.2, 0.25) is 21.8 Å². The second-order valence-electron chi connectivity index (χ2n) is 6.69. The molecule has 156 valence electrons. The molecular weight excluding hydrogens is 396 g/mol. The van der Waals surface area contributed by atoms with E-state index < -0.39 is 33.9 Å². The maximum Gasteiger partial charge on any atom is 0.251 e. The topological polar surface area (TPSA) is 118 Å². The molecule has 0 aliphatic heterocycles. The summed E-state index contributed by atoms with van der Waals surface area (Å²) in [6.45, 7) is 3.11. The highest BCUT2D eigenvalue weighted by molar-refractivity contribution is 7.89. The second kappa shape index (κ2) is 9.01. The van der Waals surface area contributed by atoms with Gasteiger partial charge >= 0.3 is 0 Å². The van der Waals surface area contributed by atoms with Crippen molar-refractivity contribution in [2.75, 3.05) is 26.0 Å². The Morgan fingerprint density at radius 2 is 1.76 bits per heavy atom. The molecule has 10 heteroatoms. The predicted octanol–water partition coefficient (Wildman–Crippen LogP) is 0.470. The average Bonchev–Trinajstić information content (AvgIpc) is 2.65. The van der Waals surface area contributed by atoms with Crippen LogP contribution in [0.25, 0.3) is 0 Å². The first-order chi connectivity index (χ1) is 13.5. The van der Waals surface area contributed by atoms with Gasteiger partial charge in [-0.05, 0) is 37.1 Å². The van der Waals surface area contributed by atoms with Crippen molar-refractivity contribution < 1.29 is 18.0 Å². The number of carbonyl (C=O) groups is 2. The minimum absolute atomic E-state index is 0.109. The van der Waals surface area contributed by atoms with Gasteiger partial charge in [-0.15, -0.1) is 0 Å². The maximum atomic E-state index is 12.2. The van der Waals surface area contributed by atoms with Crippen LogP contribution in [0.15, 0.2) is 46.2 Å². The number of amides is 2. The van der Waals surface area contributed by atoms with Gasteiger partial charge < -0.3 is 15.2 Å². The first kappa shape index (κ1) is 22.3. The molecule has 0 saturated heterocycles. The minimum atomic E-state index is -3.74. The van der Waals surface area contributed by atoms with Crippen LogP contribution in [0.4, 0.5) is 5.69 Å². The number of benzene rings is 1. The summed E-state index contributed by atoms with van der Waals surface area (Å²) in [5, 5.41) is 5.14. The number of pyridine rings is 1.